The topological polar surface area (TPSA) is 75.5 Å². The second-order valence-electron chi connectivity index (χ2n) is 10.4. The molecule has 4 rings (SSSR count). The zero-order valence-corrected chi connectivity index (χ0v) is 19.0. The van der Waals surface area contributed by atoms with Gasteiger partial charge >= 0.3 is 5.97 Å². The van der Waals surface area contributed by atoms with Gasteiger partial charge in [0.2, 0.25) is 5.88 Å². The van der Waals surface area contributed by atoms with Crippen LogP contribution in [0.1, 0.15) is 64.9 Å². The van der Waals surface area contributed by atoms with Gasteiger partial charge < -0.3 is 9.84 Å². The lowest BCUT2D eigenvalue weighted by molar-refractivity contribution is -0.143. The van der Waals surface area contributed by atoms with E-state index in [4.69, 9.17) is 9.84 Å². The Bertz CT molecular complexity index is 908. The van der Waals surface area contributed by atoms with Crippen molar-refractivity contribution in [3.8, 4) is 5.88 Å². The SMILES string of the molecule is CC(C)(C)C1CCC(Oc2ccc3cc(CN4CCC(C(=O)O)CC4)cnc3n2)CC1. The van der Waals surface area contributed by atoms with E-state index in [0.717, 1.165) is 62.2 Å². The zero-order valence-electron chi connectivity index (χ0n) is 19.0. The zero-order chi connectivity index (χ0) is 22.0. The molecular formula is C25H35N3O3. The van der Waals surface area contributed by atoms with E-state index in [1.54, 1.807) is 0 Å². The van der Waals surface area contributed by atoms with Crippen molar-refractivity contribution in [1.29, 1.82) is 0 Å². The Morgan fingerprint density at radius 2 is 1.84 bits per heavy atom. The van der Waals surface area contributed by atoms with Gasteiger partial charge in [-0.1, -0.05) is 20.8 Å². The number of ether oxygens (including phenoxy) is 1. The molecule has 1 aliphatic heterocycles. The first-order valence-electron chi connectivity index (χ1n) is 11.7. The highest BCUT2D eigenvalue weighted by atomic mass is 16.5. The van der Waals surface area contributed by atoms with Gasteiger partial charge in [0, 0.05) is 24.2 Å². The number of hydrogen-bond donors (Lipinski definition) is 1. The standard InChI is InChI=1S/C25H35N3O3/c1-25(2,3)20-5-7-21(8-6-20)31-22-9-4-19-14-17(15-26-23(19)27-22)16-28-12-10-18(11-13-28)24(29)30/h4,9,14-15,18,20-21H,5-8,10-13,16H2,1-3H3,(H,29,30). The molecule has 1 saturated heterocycles. The molecule has 2 aliphatic rings. The minimum absolute atomic E-state index is 0.197. The minimum atomic E-state index is -0.668. The van der Waals surface area contributed by atoms with Gasteiger partial charge in [0.05, 0.1) is 5.92 Å². The Hall–Kier alpha value is -2.21. The van der Waals surface area contributed by atoms with E-state index in [9.17, 15) is 4.79 Å². The van der Waals surface area contributed by atoms with Crippen LogP contribution < -0.4 is 4.74 Å². The average Bonchev–Trinajstić information content (AvgIpc) is 2.74. The normalized spacial score (nSPS) is 23.7. The van der Waals surface area contributed by atoms with Crippen LogP contribution in [0.3, 0.4) is 0 Å². The summed E-state index contributed by atoms with van der Waals surface area (Å²) in [5.74, 6) is 0.574. The number of likely N-dealkylation sites (tertiary alicyclic amines) is 1. The summed E-state index contributed by atoms with van der Waals surface area (Å²) in [6.45, 7) is 9.44. The van der Waals surface area contributed by atoms with Gasteiger partial charge in [-0.25, -0.2) is 4.98 Å². The van der Waals surface area contributed by atoms with Crippen LogP contribution in [0.15, 0.2) is 24.4 Å². The van der Waals surface area contributed by atoms with Crippen LogP contribution in [0.4, 0.5) is 0 Å². The number of carboxylic acids is 1. The summed E-state index contributed by atoms with van der Waals surface area (Å²) in [6, 6.07) is 6.14. The van der Waals surface area contributed by atoms with Crippen LogP contribution in [-0.2, 0) is 11.3 Å². The number of fused-ring (bicyclic) bond motifs is 1. The minimum Gasteiger partial charge on any atom is -0.481 e. The van der Waals surface area contributed by atoms with Crippen molar-refractivity contribution < 1.29 is 14.6 Å². The molecular weight excluding hydrogens is 390 g/mol. The van der Waals surface area contributed by atoms with E-state index < -0.39 is 5.97 Å². The molecule has 0 bridgehead atoms. The van der Waals surface area contributed by atoms with Gasteiger partial charge in [0.15, 0.2) is 5.65 Å². The lowest BCUT2D eigenvalue weighted by Crippen LogP contribution is -2.35. The Kier molecular flexibility index (Phi) is 6.47. The van der Waals surface area contributed by atoms with Crippen LogP contribution >= 0.6 is 0 Å². The third-order valence-corrected chi connectivity index (χ3v) is 7.10. The molecule has 1 saturated carbocycles. The highest BCUT2D eigenvalue weighted by Gasteiger charge is 2.30. The molecule has 0 atom stereocenters. The number of nitrogens with zero attached hydrogens (tertiary/aromatic N) is 3. The largest absolute Gasteiger partial charge is 0.481 e. The van der Waals surface area contributed by atoms with E-state index in [2.05, 4.69) is 41.7 Å². The van der Waals surface area contributed by atoms with Crippen LogP contribution in [0, 0.1) is 17.3 Å². The highest BCUT2D eigenvalue weighted by Crippen LogP contribution is 2.38. The highest BCUT2D eigenvalue weighted by molar-refractivity contribution is 5.75. The molecule has 3 heterocycles. The lowest BCUT2D eigenvalue weighted by atomic mass is 9.72. The molecule has 0 radical (unpaired) electrons. The number of piperidine rings is 1. The number of pyridine rings is 2. The summed E-state index contributed by atoms with van der Waals surface area (Å²) in [4.78, 5) is 22.7. The van der Waals surface area contributed by atoms with Crippen molar-refractivity contribution in [2.24, 2.45) is 17.3 Å². The number of aliphatic carboxylic acids is 1. The molecule has 1 N–H and O–H groups in total. The summed E-state index contributed by atoms with van der Waals surface area (Å²) >= 11 is 0. The van der Waals surface area contributed by atoms with E-state index in [-0.39, 0.29) is 12.0 Å². The molecule has 0 aromatic carbocycles. The maximum Gasteiger partial charge on any atom is 0.306 e. The van der Waals surface area contributed by atoms with E-state index in [1.165, 1.54) is 12.8 Å². The first-order valence-corrected chi connectivity index (χ1v) is 11.7. The molecule has 1 aliphatic carbocycles. The summed E-state index contributed by atoms with van der Waals surface area (Å²) < 4.78 is 6.20. The Labute approximate surface area is 185 Å². The lowest BCUT2D eigenvalue weighted by Gasteiger charge is -2.36. The van der Waals surface area contributed by atoms with Crippen LogP contribution in [0.2, 0.25) is 0 Å². The van der Waals surface area contributed by atoms with Crippen molar-refractivity contribution >= 4 is 17.0 Å². The van der Waals surface area contributed by atoms with Crippen molar-refractivity contribution in [2.45, 2.75) is 71.9 Å². The number of hydrogen-bond acceptors (Lipinski definition) is 5. The Morgan fingerprint density at radius 1 is 1.13 bits per heavy atom. The molecule has 2 fully saturated rings. The van der Waals surface area contributed by atoms with Crippen LogP contribution in [-0.4, -0.2) is 45.1 Å². The van der Waals surface area contributed by atoms with Crippen molar-refractivity contribution in [3.05, 3.63) is 30.0 Å². The fourth-order valence-electron chi connectivity index (χ4n) is 5.00. The maximum absolute atomic E-state index is 11.1. The van der Waals surface area contributed by atoms with Crippen molar-refractivity contribution in [3.63, 3.8) is 0 Å². The van der Waals surface area contributed by atoms with Crippen molar-refractivity contribution in [1.82, 2.24) is 14.9 Å². The van der Waals surface area contributed by atoms with E-state index in [1.807, 2.05) is 18.3 Å². The quantitative estimate of drug-likeness (QED) is 0.734. The summed E-state index contributed by atoms with van der Waals surface area (Å²) in [7, 11) is 0. The number of aromatic nitrogens is 2. The van der Waals surface area contributed by atoms with Crippen LogP contribution in [0.25, 0.3) is 11.0 Å². The molecule has 31 heavy (non-hydrogen) atoms. The predicted octanol–water partition coefficient (Wildman–Crippen LogP) is 4.91. The molecule has 0 unspecified atom stereocenters. The first-order chi connectivity index (χ1) is 14.8. The third-order valence-electron chi connectivity index (χ3n) is 7.10. The molecule has 2 aromatic rings. The Balaban J connectivity index is 1.34. The van der Waals surface area contributed by atoms with Gasteiger partial charge in [-0.15, -0.1) is 0 Å². The molecule has 0 amide bonds. The third kappa shape index (κ3) is 5.53. The second kappa shape index (κ2) is 9.11. The maximum atomic E-state index is 11.1. The van der Waals surface area contributed by atoms with Gasteiger partial charge in [-0.2, -0.15) is 4.98 Å². The number of rotatable bonds is 5. The first kappa shape index (κ1) is 22.0. The Morgan fingerprint density at radius 3 is 2.48 bits per heavy atom. The molecule has 2 aromatic heterocycles. The summed E-state index contributed by atoms with van der Waals surface area (Å²) in [6.07, 6.45) is 8.18. The van der Waals surface area contributed by atoms with Gasteiger partial charge in [0.1, 0.15) is 6.10 Å². The van der Waals surface area contributed by atoms with E-state index >= 15 is 0 Å². The molecule has 0 spiro atoms. The smallest absolute Gasteiger partial charge is 0.306 e. The van der Waals surface area contributed by atoms with Gasteiger partial charge in [-0.3, -0.25) is 9.69 Å². The number of carbonyl (C=O) groups is 1. The molecule has 6 heteroatoms. The summed E-state index contributed by atoms with van der Waals surface area (Å²) in [5.41, 5.74) is 2.23. The fraction of sp³-hybridized carbons (Fsp3) is 0.640. The second-order valence-corrected chi connectivity index (χ2v) is 10.4. The number of carboxylic acid groups (broad SMARTS) is 1. The molecule has 168 valence electrons. The summed E-state index contributed by atoms with van der Waals surface area (Å²) in [5, 5.41) is 10.2. The monoisotopic (exact) mass is 425 g/mol. The van der Waals surface area contributed by atoms with Gasteiger partial charge in [0.25, 0.3) is 0 Å². The fourth-order valence-corrected chi connectivity index (χ4v) is 5.00. The van der Waals surface area contributed by atoms with Crippen molar-refractivity contribution in [2.75, 3.05) is 13.1 Å². The predicted molar refractivity (Wildman–Crippen MR) is 121 cm³/mol. The van der Waals surface area contributed by atoms with Crippen LogP contribution in [0.5, 0.6) is 5.88 Å². The van der Waals surface area contributed by atoms with Gasteiger partial charge in [-0.05, 0) is 80.6 Å². The van der Waals surface area contributed by atoms with E-state index in [0.29, 0.717) is 16.9 Å². The average molecular weight is 426 g/mol. The molecule has 6 nitrogen and oxygen atoms in total.